The van der Waals surface area contributed by atoms with E-state index in [2.05, 4.69) is 6.58 Å². The first-order valence-electron chi connectivity index (χ1n) is 5.90. The van der Waals surface area contributed by atoms with Gasteiger partial charge in [-0.15, -0.1) is 6.58 Å². The zero-order valence-electron chi connectivity index (χ0n) is 10.6. The lowest BCUT2D eigenvalue weighted by Crippen LogP contribution is -2.32. The Morgan fingerprint density at radius 1 is 1.39 bits per heavy atom. The van der Waals surface area contributed by atoms with Crippen LogP contribution in [0, 0.1) is 0 Å². The van der Waals surface area contributed by atoms with Crippen molar-refractivity contribution < 1.29 is 9.59 Å². The summed E-state index contributed by atoms with van der Waals surface area (Å²) in [7, 11) is 0. The minimum absolute atomic E-state index is 0.111. The Morgan fingerprint density at radius 3 is 2.61 bits per heavy atom. The molecule has 0 fully saturated rings. The summed E-state index contributed by atoms with van der Waals surface area (Å²) in [6.45, 7) is 6.79. The molecule has 0 unspecified atom stereocenters. The van der Waals surface area contributed by atoms with Crippen molar-refractivity contribution in [3.8, 4) is 0 Å². The van der Waals surface area contributed by atoms with Gasteiger partial charge in [-0.25, -0.2) is 0 Å². The Morgan fingerprint density at radius 2 is 2.06 bits per heavy atom. The Hall–Kier alpha value is -2.10. The van der Waals surface area contributed by atoms with Gasteiger partial charge in [0, 0.05) is 24.2 Å². The molecule has 4 nitrogen and oxygen atoms in total. The van der Waals surface area contributed by atoms with Gasteiger partial charge < -0.3 is 10.6 Å². The van der Waals surface area contributed by atoms with Crippen LogP contribution >= 0.6 is 0 Å². The normalized spacial score (nSPS) is 9.83. The van der Waals surface area contributed by atoms with Crippen molar-refractivity contribution in [3.05, 3.63) is 48.0 Å². The highest BCUT2D eigenvalue weighted by Gasteiger charge is 2.14. The topological polar surface area (TPSA) is 63.4 Å². The molecule has 18 heavy (non-hydrogen) atoms. The van der Waals surface area contributed by atoms with Crippen molar-refractivity contribution in [1.29, 1.82) is 0 Å². The van der Waals surface area contributed by atoms with Gasteiger partial charge in [-0.3, -0.25) is 9.59 Å². The van der Waals surface area contributed by atoms with Crippen molar-refractivity contribution >= 4 is 11.8 Å². The van der Waals surface area contributed by atoms with Crippen LogP contribution in [-0.2, 0) is 0 Å². The van der Waals surface area contributed by atoms with E-state index in [1.807, 2.05) is 6.92 Å². The molecule has 1 aromatic rings. The average molecular weight is 246 g/mol. The number of hydrogen-bond acceptors (Lipinski definition) is 2. The van der Waals surface area contributed by atoms with Crippen LogP contribution in [0.3, 0.4) is 0 Å². The highest BCUT2D eigenvalue weighted by molar-refractivity contribution is 5.99. The number of carbonyl (C=O) groups is 2. The summed E-state index contributed by atoms with van der Waals surface area (Å²) >= 11 is 0. The number of primary amides is 1. The molecule has 0 bridgehead atoms. The van der Waals surface area contributed by atoms with E-state index < -0.39 is 5.91 Å². The Balaban J connectivity index is 2.96. The first-order chi connectivity index (χ1) is 8.60. The van der Waals surface area contributed by atoms with E-state index in [9.17, 15) is 9.59 Å². The zero-order chi connectivity index (χ0) is 13.5. The lowest BCUT2D eigenvalue weighted by atomic mass is 10.1. The molecular weight excluding hydrogens is 228 g/mol. The number of nitrogens with two attached hydrogens (primary N) is 1. The molecule has 2 N–H and O–H groups in total. The van der Waals surface area contributed by atoms with Crippen LogP contribution in [0.4, 0.5) is 0 Å². The number of rotatable bonds is 6. The highest BCUT2D eigenvalue weighted by Crippen LogP contribution is 2.09. The fourth-order valence-electron chi connectivity index (χ4n) is 1.69. The molecule has 0 aromatic heterocycles. The summed E-state index contributed by atoms with van der Waals surface area (Å²) in [6, 6.07) is 6.46. The minimum atomic E-state index is -0.532. The standard InChI is InChI=1S/C14H18N2O2/c1-3-8-16(9-4-2)14(18)12-7-5-6-11(10-12)13(15)17/h3,5-7,10H,1,4,8-9H2,2H3,(H2,15,17). The van der Waals surface area contributed by atoms with Crippen molar-refractivity contribution in [2.24, 2.45) is 5.73 Å². The first kappa shape index (κ1) is 14.0. The molecule has 0 spiro atoms. The predicted molar refractivity (Wildman–Crippen MR) is 71.4 cm³/mol. The van der Waals surface area contributed by atoms with Gasteiger partial charge in [-0.1, -0.05) is 19.1 Å². The SMILES string of the molecule is C=CCN(CCC)C(=O)c1cccc(C(N)=O)c1. The molecule has 2 amide bonds. The maximum absolute atomic E-state index is 12.2. The van der Waals surface area contributed by atoms with Crippen LogP contribution in [0.15, 0.2) is 36.9 Å². The smallest absolute Gasteiger partial charge is 0.254 e. The van der Waals surface area contributed by atoms with Gasteiger partial charge in [0.1, 0.15) is 0 Å². The zero-order valence-corrected chi connectivity index (χ0v) is 10.6. The predicted octanol–water partition coefficient (Wildman–Crippen LogP) is 1.82. The van der Waals surface area contributed by atoms with Crippen molar-refractivity contribution in [2.75, 3.05) is 13.1 Å². The van der Waals surface area contributed by atoms with Crippen LogP contribution in [0.1, 0.15) is 34.1 Å². The van der Waals surface area contributed by atoms with E-state index in [1.54, 1.807) is 29.2 Å². The number of carbonyl (C=O) groups excluding carboxylic acids is 2. The number of amides is 2. The monoisotopic (exact) mass is 246 g/mol. The Kier molecular flexibility index (Phi) is 5.11. The average Bonchev–Trinajstić information content (AvgIpc) is 2.38. The third-order valence-electron chi connectivity index (χ3n) is 2.52. The molecule has 0 radical (unpaired) electrons. The van der Waals surface area contributed by atoms with Gasteiger partial charge in [-0.05, 0) is 24.6 Å². The minimum Gasteiger partial charge on any atom is -0.366 e. The molecule has 0 aliphatic rings. The van der Waals surface area contributed by atoms with Crippen LogP contribution in [0.5, 0.6) is 0 Å². The molecule has 1 aromatic carbocycles. The molecule has 1 rings (SSSR count). The van der Waals surface area contributed by atoms with Gasteiger partial charge in [0.25, 0.3) is 5.91 Å². The molecule has 0 aliphatic carbocycles. The molecule has 4 heteroatoms. The number of hydrogen-bond donors (Lipinski definition) is 1. The fraction of sp³-hybridized carbons (Fsp3) is 0.286. The van der Waals surface area contributed by atoms with Gasteiger partial charge >= 0.3 is 0 Å². The largest absolute Gasteiger partial charge is 0.366 e. The van der Waals surface area contributed by atoms with Crippen molar-refractivity contribution in [1.82, 2.24) is 4.90 Å². The maximum Gasteiger partial charge on any atom is 0.254 e. The molecule has 0 saturated carbocycles. The van der Waals surface area contributed by atoms with Crippen molar-refractivity contribution in [2.45, 2.75) is 13.3 Å². The molecule has 0 atom stereocenters. The van der Waals surface area contributed by atoms with E-state index in [-0.39, 0.29) is 5.91 Å². The van der Waals surface area contributed by atoms with Gasteiger partial charge in [0.15, 0.2) is 0 Å². The lowest BCUT2D eigenvalue weighted by molar-refractivity contribution is 0.0774. The summed E-state index contributed by atoms with van der Waals surface area (Å²) in [5.74, 6) is -0.643. The van der Waals surface area contributed by atoms with E-state index >= 15 is 0 Å². The number of nitrogens with zero attached hydrogens (tertiary/aromatic N) is 1. The van der Waals surface area contributed by atoms with Crippen LogP contribution in [0.2, 0.25) is 0 Å². The van der Waals surface area contributed by atoms with E-state index in [4.69, 9.17) is 5.73 Å². The summed E-state index contributed by atoms with van der Waals surface area (Å²) in [5.41, 5.74) is 6.01. The van der Waals surface area contributed by atoms with E-state index in [0.29, 0.717) is 24.2 Å². The molecular formula is C14H18N2O2. The van der Waals surface area contributed by atoms with Crippen LogP contribution in [0.25, 0.3) is 0 Å². The summed E-state index contributed by atoms with van der Waals surface area (Å²) in [4.78, 5) is 25.0. The quantitative estimate of drug-likeness (QED) is 0.778. The summed E-state index contributed by atoms with van der Waals surface area (Å²) < 4.78 is 0. The molecule has 96 valence electrons. The second-order valence-corrected chi connectivity index (χ2v) is 3.98. The lowest BCUT2D eigenvalue weighted by Gasteiger charge is -2.20. The van der Waals surface area contributed by atoms with Crippen molar-refractivity contribution in [3.63, 3.8) is 0 Å². The molecule has 0 heterocycles. The van der Waals surface area contributed by atoms with Gasteiger partial charge in [0.2, 0.25) is 5.91 Å². The Bertz CT molecular complexity index is 455. The van der Waals surface area contributed by atoms with E-state index in [1.165, 1.54) is 6.07 Å². The van der Waals surface area contributed by atoms with Crippen LogP contribution < -0.4 is 5.73 Å². The first-order valence-corrected chi connectivity index (χ1v) is 5.90. The second kappa shape index (κ2) is 6.59. The summed E-state index contributed by atoms with van der Waals surface area (Å²) in [5, 5.41) is 0. The van der Waals surface area contributed by atoms with E-state index in [0.717, 1.165) is 6.42 Å². The second-order valence-electron chi connectivity index (χ2n) is 3.98. The molecule has 0 aliphatic heterocycles. The molecule has 0 saturated heterocycles. The maximum atomic E-state index is 12.2. The Labute approximate surface area is 107 Å². The van der Waals surface area contributed by atoms with Gasteiger partial charge in [-0.2, -0.15) is 0 Å². The van der Waals surface area contributed by atoms with Crippen LogP contribution in [-0.4, -0.2) is 29.8 Å². The highest BCUT2D eigenvalue weighted by atomic mass is 16.2. The number of benzene rings is 1. The third kappa shape index (κ3) is 3.45. The fourth-order valence-corrected chi connectivity index (χ4v) is 1.69. The third-order valence-corrected chi connectivity index (χ3v) is 2.52. The van der Waals surface area contributed by atoms with Gasteiger partial charge in [0.05, 0.1) is 0 Å². The summed E-state index contributed by atoms with van der Waals surface area (Å²) in [6.07, 6.45) is 2.56.